The van der Waals surface area contributed by atoms with E-state index in [1.165, 1.54) is 18.2 Å². The van der Waals surface area contributed by atoms with Gasteiger partial charge in [0.05, 0.1) is 0 Å². The molecule has 7 nitrogen and oxygen atoms in total. The summed E-state index contributed by atoms with van der Waals surface area (Å²) in [7, 11) is -3.97. The van der Waals surface area contributed by atoms with E-state index < -0.39 is 39.7 Å². The quantitative estimate of drug-likeness (QED) is 0.650. The Bertz CT molecular complexity index is 804. The molecule has 0 spiro atoms. The molecule has 1 unspecified atom stereocenters. The number of amides is 1. The van der Waals surface area contributed by atoms with E-state index >= 15 is 0 Å². The number of nitrogens with zero attached hydrogens (tertiary/aromatic N) is 1. The molecule has 0 aliphatic carbocycles. The van der Waals surface area contributed by atoms with Crippen molar-refractivity contribution >= 4 is 21.9 Å². The van der Waals surface area contributed by atoms with Crippen LogP contribution in [0, 0.1) is 11.7 Å². The smallest absolute Gasteiger partial charge is 0.326 e. The first-order chi connectivity index (χ1) is 12.8. The molecule has 2 rings (SSSR count). The van der Waals surface area contributed by atoms with Gasteiger partial charge in [0.2, 0.25) is 15.9 Å². The standard InChI is InChI=1S/C18H23FN2O5S/c1-2-3-7-15(18(23)24)20-17(22)13-9-11-21(12-10-13)27(25,26)16-8-5-4-6-14(16)19/h2,4-6,8,13,15H,1,3,7,9-12H2,(H,20,22)(H,23,24). The molecule has 148 valence electrons. The maximum atomic E-state index is 13.8. The number of carboxylic acids is 1. The number of rotatable bonds is 8. The van der Waals surface area contributed by atoms with Crippen LogP contribution in [0.1, 0.15) is 25.7 Å². The Morgan fingerprint density at radius 2 is 1.96 bits per heavy atom. The summed E-state index contributed by atoms with van der Waals surface area (Å²) >= 11 is 0. The van der Waals surface area contributed by atoms with Gasteiger partial charge in [-0.05, 0) is 37.8 Å². The average Bonchev–Trinajstić information content (AvgIpc) is 2.65. The van der Waals surface area contributed by atoms with E-state index in [2.05, 4.69) is 11.9 Å². The summed E-state index contributed by atoms with van der Waals surface area (Å²) in [5, 5.41) is 11.7. The highest BCUT2D eigenvalue weighted by Crippen LogP contribution is 2.25. The minimum absolute atomic E-state index is 0.0686. The third-order valence-corrected chi connectivity index (χ3v) is 6.49. The van der Waals surface area contributed by atoms with Crippen LogP contribution in [0.4, 0.5) is 4.39 Å². The Kier molecular flexibility index (Phi) is 7.09. The summed E-state index contributed by atoms with van der Waals surface area (Å²) in [6, 6.07) is 4.15. The van der Waals surface area contributed by atoms with Gasteiger partial charge in [0.15, 0.2) is 0 Å². The normalized spacial score (nSPS) is 17.2. The van der Waals surface area contributed by atoms with Crippen LogP contribution in [0.25, 0.3) is 0 Å². The number of carbonyl (C=O) groups is 2. The first-order valence-electron chi connectivity index (χ1n) is 8.66. The zero-order valence-corrected chi connectivity index (χ0v) is 15.6. The number of sulfonamides is 1. The summed E-state index contributed by atoms with van der Waals surface area (Å²) in [4.78, 5) is 23.2. The van der Waals surface area contributed by atoms with Crippen molar-refractivity contribution in [3.05, 3.63) is 42.7 Å². The lowest BCUT2D eigenvalue weighted by Gasteiger charge is -2.31. The van der Waals surface area contributed by atoms with E-state index in [0.29, 0.717) is 6.42 Å². The van der Waals surface area contributed by atoms with Gasteiger partial charge in [-0.3, -0.25) is 4.79 Å². The summed E-state index contributed by atoms with van der Waals surface area (Å²) in [5.41, 5.74) is 0. The Morgan fingerprint density at radius 1 is 1.33 bits per heavy atom. The molecule has 2 N–H and O–H groups in total. The van der Waals surface area contributed by atoms with Gasteiger partial charge in [0.1, 0.15) is 16.8 Å². The number of hydrogen-bond acceptors (Lipinski definition) is 4. The highest BCUT2D eigenvalue weighted by atomic mass is 32.2. The van der Waals surface area contributed by atoms with Crippen LogP contribution in [0.5, 0.6) is 0 Å². The van der Waals surface area contributed by atoms with E-state index in [4.69, 9.17) is 0 Å². The second kappa shape index (κ2) is 9.09. The van der Waals surface area contributed by atoms with Crippen molar-refractivity contribution in [3.8, 4) is 0 Å². The third kappa shape index (κ3) is 5.14. The van der Waals surface area contributed by atoms with Gasteiger partial charge in [-0.1, -0.05) is 18.2 Å². The Balaban J connectivity index is 1.98. The molecule has 1 heterocycles. The van der Waals surface area contributed by atoms with Crippen molar-refractivity contribution in [1.29, 1.82) is 0 Å². The topological polar surface area (TPSA) is 104 Å². The Labute approximate surface area is 157 Å². The third-order valence-electron chi connectivity index (χ3n) is 4.55. The number of carbonyl (C=O) groups excluding carboxylic acids is 1. The molecule has 1 aromatic carbocycles. The fourth-order valence-electron chi connectivity index (χ4n) is 2.98. The molecular formula is C18H23FN2O5S. The SMILES string of the molecule is C=CCCC(NC(=O)C1CCN(S(=O)(=O)c2ccccc2F)CC1)C(=O)O. The lowest BCUT2D eigenvalue weighted by Crippen LogP contribution is -2.47. The van der Waals surface area contributed by atoms with E-state index in [0.717, 1.165) is 10.4 Å². The van der Waals surface area contributed by atoms with Gasteiger partial charge in [-0.15, -0.1) is 6.58 Å². The molecule has 0 saturated carbocycles. The van der Waals surface area contributed by atoms with Gasteiger partial charge in [0.25, 0.3) is 0 Å². The van der Waals surface area contributed by atoms with Crippen molar-refractivity contribution in [2.45, 2.75) is 36.6 Å². The lowest BCUT2D eigenvalue weighted by molar-refractivity contribution is -0.142. The minimum atomic E-state index is -3.97. The maximum absolute atomic E-state index is 13.8. The van der Waals surface area contributed by atoms with Crippen LogP contribution in [0.15, 0.2) is 41.8 Å². The van der Waals surface area contributed by atoms with Crippen LogP contribution in [0.3, 0.4) is 0 Å². The Morgan fingerprint density at radius 3 is 2.52 bits per heavy atom. The molecule has 1 aliphatic rings. The molecule has 27 heavy (non-hydrogen) atoms. The number of piperidine rings is 1. The zero-order chi connectivity index (χ0) is 20.0. The van der Waals surface area contributed by atoms with Crippen LogP contribution >= 0.6 is 0 Å². The van der Waals surface area contributed by atoms with Crippen molar-refractivity contribution in [2.24, 2.45) is 5.92 Å². The number of benzene rings is 1. The van der Waals surface area contributed by atoms with E-state index in [-0.39, 0.29) is 37.2 Å². The summed E-state index contributed by atoms with van der Waals surface area (Å²) in [5.74, 6) is -2.83. The fourth-order valence-corrected chi connectivity index (χ4v) is 4.52. The number of allylic oxidation sites excluding steroid dienone is 1. The number of nitrogens with one attached hydrogen (secondary N) is 1. The van der Waals surface area contributed by atoms with Crippen LogP contribution in [-0.2, 0) is 19.6 Å². The summed E-state index contributed by atoms with van der Waals surface area (Å²) in [6.45, 7) is 3.67. The number of hydrogen-bond donors (Lipinski definition) is 2. The van der Waals surface area contributed by atoms with E-state index in [1.54, 1.807) is 6.08 Å². The fraction of sp³-hybridized carbons (Fsp3) is 0.444. The average molecular weight is 398 g/mol. The molecule has 0 bridgehead atoms. The molecule has 1 saturated heterocycles. The van der Waals surface area contributed by atoms with Crippen LogP contribution in [0.2, 0.25) is 0 Å². The molecule has 1 atom stereocenters. The first-order valence-corrected chi connectivity index (χ1v) is 10.1. The van der Waals surface area contributed by atoms with Crippen molar-refractivity contribution in [3.63, 3.8) is 0 Å². The monoisotopic (exact) mass is 398 g/mol. The predicted molar refractivity (Wildman–Crippen MR) is 96.9 cm³/mol. The van der Waals surface area contributed by atoms with Crippen LogP contribution in [-0.4, -0.2) is 48.8 Å². The van der Waals surface area contributed by atoms with Gasteiger partial charge >= 0.3 is 5.97 Å². The van der Waals surface area contributed by atoms with Gasteiger partial charge in [0, 0.05) is 19.0 Å². The highest BCUT2D eigenvalue weighted by Gasteiger charge is 2.34. The number of carboxylic acid groups (broad SMARTS) is 1. The Hall–Kier alpha value is -2.26. The van der Waals surface area contributed by atoms with Gasteiger partial charge in [-0.25, -0.2) is 17.6 Å². The first kappa shape index (κ1) is 21.0. The van der Waals surface area contributed by atoms with E-state index in [1.807, 2.05) is 0 Å². The molecule has 0 radical (unpaired) electrons. The second-order valence-corrected chi connectivity index (χ2v) is 8.28. The molecule has 9 heteroatoms. The largest absolute Gasteiger partial charge is 0.480 e. The molecule has 0 aromatic heterocycles. The molecular weight excluding hydrogens is 375 g/mol. The molecule has 1 fully saturated rings. The molecule has 1 amide bonds. The van der Waals surface area contributed by atoms with Crippen molar-refractivity contribution < 1.29 is 27.5 Å². The second-order valence-electron chi connectivity index (χ2n) is 6.37. The van der Waals surface area contributed by atoms with Crippen molar-refractivity contribution in [1.82, 2.24) is 9.62 Å². The maximum Gasteiger partial charge on any atom is 0.326 e. The molecule has 1 aromatic rings. The highest BCUT2D eigenvalue weighted by molar-refractivity contribution is 7.89. The lowest BCUT2D eigenvalue weighted by atomic mass is 9.96. The van der Waals surface area contributed by atoms with Crippen LogP contribution < -0.4 is 5.32 Å². The minimum Gasteiger partial charge on any atom is -0.480 e. The number of aliphatic carboxylic acids is 1. The number of halogens is 1. The van der Waals surface area contributed by atoms with Crippen molar-refractivity contribution in [2.75, 3.05) is 13.1 Å². The van der Waals surface area contributed by atoms with Gasteiger partial charge in [-0.2, -0.15) is 4.31 Å². The summed E-state index contributed by atoms with van der Waals surface area (Å²) < 4.78 is 40.1. The van der Waals surface area contributed by atoms with E-state index in [9.17, 15) is 27.5 Å². The van der Waals surface area contributed by atoms with Gasteiger partial charge < -0.3 is 10.4 Å². The molecule has 1 aliphatic heterocycles. The zero-order valence-electron chi connectivity index (χ0n) is 14.8. The predicted octanol–water partition coefficient (Wildman–Crippen LogP) is 1.76. The summed E-state index contributed by atoms with van der Waals surface area (Å²) in [6.07, 6.45) is 2.76.